The van der Waals surface area contributed by atoms with Crippen LogP contribution in [0, 0.1) is 5.82 Å². The Bertz CT molecular complexity index is 723. The van der Waals surface area contributed by atoms with Gasteiger partial charge in [0, 0.05) is 0 Å². The normalized spacial score (nSPS) is 13.0. The van der Waals surface area contributed by atoms with Gasteiger partial charge >= 0.3 is 0 Å². The van der Waals surface area contributed by atoms with Crippen molar-refractivity contribution in [1.29, 1.82) is 0 Å². The minimum atomic E-state index is -0.445. The Hall–Kier alpha value is -1.92. The molecule has 108 valence electrons. The summed E-state index contributed by atoms with van der Waals surface area (Å²) in [5, 5.41) is 3.64. The molecule has 3 rings (SSSR count). The zero-order valence-electron chi connectivity index (χ0n) is 11.0. The van der Waals surface area contributed by atoms with Crippen LogP contribution in [0.2, 0.25) is 5.02 Å². The van der Waals surface area contributed by atoms with Crippen molar-refractivity contribution in [2.24, 2.45) is 4.99 Å². The molecule has 1 aliphatic rings. The molecule has 0 aliphatic carbocycles. The van der Waals surface area contributed by atoms with Crippen molar-refractivity contribution >= 4 is 40.9 Å². The van der Waals surface area contributed by atoms with Gasteiger partial charge in [-0.2, -0.15) is 0 Å². The summed E-state index contributed by atoms with van der Waals surface area (Å²) in [7, 11) is 1.42. The lowest BCUT2D eigenvalue weighted by atomic mass is 10.3. The molecule has 21 heavy (non-hydrogen) atoms. The SMILES string of the molecule is COc1c(F)ccc2c1N=C(Nc1ccccc1Cl)NS2. The van der Waals surface area contributed by atoms with Crippen molar-refractivity contribution in [2.45, 2.75) is 4.90 Å². The van der Waals surface area contributed by atoms with Crippen molar-refractivity contribution < 1.29 is 9.13 Å². The van der Waals surface area contributed by atoms with Gasteiger partial charge in [-0.1, -0.05) is 23.7 Å². The molecule has 1 heterocycles. The van der Waals surface area contributed by atoms with Crippen LogP contribution >= 0.6 is 23.5 Å². The zero-order chi connectivity index (χ0) is 14.8. The van der Waals surface area contributed by atoms with E-state index in [1.165, 1.54) is 25.1 Å². The van der Waals surface area contributed by atoms with Gasteiger partial charge in [0.15, 0.2) is 11.6 Å². The van der Waals surface area contributed by atoms with Gasteiger partial charge in [0.1, 0.15) is 5.69 Å². The Labute approximate surface area is 130 Å². The molecule has 4 nitrogen and oxygen atoms in total. The van der Waals surface area contributed by atoms with Crippen LogP contribution in [-0.4, -0.2) is 13.1 Å². The highest BCUT2D eigenvalue weighted by Gasteiger charge is 2.20. The van der Waals surface area contributed by atoms with Gasteiger partial charge in [-0.25, -0.2) is 9.38 Å². The monoisotopic (exact) mass is 323 g/mol. The number of aliphatic imine (C=N–C) groups is 1. The number of anilines is 1. The number of methoxy groups -OCH3 is 1. The molecule has 0 saturated heterocycles. The largest absolute Gasteiger partial charge is 0.491 e. The number of rotatable bonds is 2. The van der Waals surface area contributed by atoms with Crippen LogP contribution in [0.3, 0.4) is 0 Å². The number of para-hydroxylation sites is 1. The van der Waals surface area contributed by atoms with E-state index >= 15 is 0 Å². The topological polar surface area (TPSA) is 45.6 Å². The first kappa shape index (κ1) is 14.0. The Morgan fingerprint density at radius 2 is 2.10 bits per heavy atom. The second-order valence-corrected chi connectivity index (χ2v) is 5.45. The molecule has 2 aromatic carbocycles. The molecular formula is C14H11ClFN3OS. The fourth-order valence-corrected chi connectivity index (χ4v) is 2.75. The average molecular weight is 324 g/mol. The van der Waals surface area contributed by atoms with Crippen LogP contribution in [0.15, 0.2) is 46.3 Å². The summed E-state index contributed by atoms with van der Waals surface area (Å²) in [6.07, 6.45) is 0. The fourth-order valence-electron chi connectivity index (χ4n) is 1.89. The van der Waals surface area contributed by atoms with E-state index in [9.17, 15) is 4.39 Å². The molecule has 0 spiro atoms. The summed E-state index contributed by atoms with van der Waals surface area (Å²) in [5.74, 6) is 0.143. The fraction of sp³-hybridized carbons (Fsp3) is 0.0714. The third kappa shape index (κ3) is 2.77. The summed E-state index contributed by atoms with van der Waals surface area (Å²) < 4.78 is 21.9. The molecule has 0 radical (unpaired) electrons. The van der Waals surface area contributed by atoms with Crippen molar-refractivity contribution in [2.75, 3.05) is 12.4 Å². The molecule has 2 N–H and O–H groups in total. The molecular weight excluding hydrogens is 313 g/mol. The first-order valence-electron chi connectivity index (χ1n) is 6.08. The van der Waals surface area contributed by atoms with Gasteiger partial charge < -0.3 is 10.1 Å². The van der Waals surface area contributed by atoms with Crippen LogP contribution in [-0.2, 0) is 0 Å². The smallest absolute Gasteiger partial charge is 0.211 e. The molecule has 0 saturated carbocycles. The average Bonchev–Trinajstić information content (AvgIpc) is 2.49. The summed E-state index contributed by atoms with van der Waals surface area (Å²) >= 11 is 7.42. The molecule has 7 heteroatoms. The van der Waals surface area contributed by atoms with Gasteiger partial charge in [0.2, 0.25) is 5.96 Å². The summed E-state index contributed by atoms with van der Waals surface area (Å²) in [4.78, 5) is 5.15. The van der Waals surface area contributed by atoms with E-state index in [4.69, 9.17) is 16.3 Å². The number of ether oxygens (including phenoxy) is 1. The van der Waals surface area contributed by atoms with E-state index in [0.717, 1.165) is 4.90 Å². The molecule has 0 atom stereocenters. The van der Waals surface area contributed by atoms with Crippen molar-refractivity contribution in [3.63, 3.8) is 0 Å². The standard InChI is InChI=1S/C14H11ClFN3OS/c1-20-13-9(16)6-7-11-12(13)18-14(19-21-11)17-10-5-3-2-4-8(10)15/h2-7H,1H3,(H2,17,18,19). The predicted octanol–water partition coefficient (Wildman–Crippen LogP) is 4.20. The summed E-state index contributed by atoms with van der Waals surface area (Å²) in [6.45, 7) is 0. The van der Waals surface area contributed by atoms with E-state index in [-0.39, 0.29) is 5.75 Å². The molecule has 1 aliphatic heterocycles. The highest BCUT2D eigenvalue weighted by molar-refractivity contribution is 7.98. The number of hydrogen-bond acceptors (Lipinski definition) is 5. The van der Waals surface area contributed by atoms with Crippen molar-refractivity contribution in [1.82, 2.24) is 4.72 Å². The van der Waals surface area contributed by atoms with E-state index in [1.54, 1.807) is 12.1 Å². The lowest BCUT2D eigenvalue weighted by Gasteiger charge is -2.19. The lowest BCUT2D eigenvalue weighted by molar-refractivity contribution is 0.387. The molecule has 0 unspecified atom stereocenters. The number of nitrogens with zero attached hydrogens (tertiary/aromatic N) is 1. The highest BCUT2D eigenvalue weighted by atomic mass is 35.5. The second-order valence-electron chi connectivity index (χ2n) is 4.20. The summed E-state index contributed by atoms with van der Waals surface area (Å²) in [6, 6.07) is 10.3. The summed E-state index contributed by atoms with van der Waals surface area (Å²) in [5.41, 5.74) is 1.17. The Morgan fingerprint density at radius 1 is 1.29 bits per heavy atom. The van der Waals surface area contributed by atoms with Crippen LogP contribution in [0.1, 0.15) is 0 Å². The number of hydrogen-bond donors (Lipinski definition) is 2. The minimum Gasteiger partial charge on any atom is -0.491 e. The number of guanidine groups is 1. The van der Waals surface area contributed by atoms with E-state index in [0.29, 0.717) is 22.4 Å². The van der Waals surface area contributed by atoms with Gasteiger partial charge in [-0.05, 0) is 36.2 Å². The number of fused-ring (bicyclic) bond motifs is 1. The maximum absolute atomic E-state index is 13.7. The van der Waals surface area contributed by atoms with Crippen LogP contribution < -0.4 is 14.8 Å². The molecule has 0 aromatic heterocycles. The van der Waals surface area contributed by atoms with Crippen molar-refractivity contribution in [3.8, 4) is 5.75 Å². The Kier molecular flexibility index (Phi) is 3.90. The number of halogens is 2. The quantitative estimate of drug-likeness (QED) is 0.813. The van der Waals surface area contributed by atoms with Gasteiger partial charge in [-0.3, -0.25) is 4.72 Å². The van der Waals surface area contributed by atoms with Crippen molar-refractivity contribution in [3.05, 3.63) is 47.2 Å². The van der Waals surface area contributed by atoms with Crippen LogP contribution in [0.5, 0.6) is 5.75 Å². The lowest BCUT2D eigenvalue weighted by Crippen LogP contribution is -2.27. The second kappa shape index (κ2) is 5.83. The third-order valence-electron chi connectivity index (χ3n) is 2.86. The number of benzene rings is 2. The maximum atomic E-state index is 13.7. The van der Waals surface area contributed by atoms with E-state index in [2.05, 4.69) is 15.0 Å². The van der Waals surface area contributed by atoms with E-state index in [1.807, 2.05) is 18.2 Å². The molecule has 0 bridgehead atoms. The highest BCUT2D eigenvalue weighted by Crippen LogP contribution is 2.41. The van der Waals surface area contributed by atoms with Gasteiger partial charge in [0.25, 0.3) is 0 Å². The van der Waals surface area contributed by atoms with Gasteiger partial charge in [0.05, 0.1) is 22.7 Å². The van der Waals surface area contributed by atoms with Crippen LogP contribution in [0.4, 0.5) is 15.8 Å². The number of nitrogens with one attached hydrogen (secondary N) is 2. The molecule has 2 aromatic rings. The maximum Gasteiger partial charge on any atom is 0.211 e. The Balaban J connectivity index is 1.97. The van der Waals surface area contributed by atoms with E-state index < -0.39 is 5.82 Å². The minimum absolute atomic E-state index is 0.125. The first-order chi connectivity index (χ1) is 10.2. The first-order valence-corrected chi connectivity index (χ1v) is 7.28. The molecule has 0 fully saturated rings. The Morgan fingerprint density at radius 3 is 2.86 bits per heavy atom. The third-order valence-corrected chi connectivity index (χ3v) is 4.03. The zero-order valence-corrected chi connectivity index (χ0v) is 12.6. The van der Waals surface area contributed by atoms with Crippen LogP contribution in [0.25, 0.3) is 0 Å². The molecule has 0 amide bonds. The van der Waals surface area contributed by atoms with Gasteiger partial charge in [-0.15, -0.1) is 0 Å². The predicted molar refractivity (Wildman–Crippen MR) is 84.1 cm³/mol.